The Balaban J connectivity index is 3.09. The van der Waals surface area contributed by atoms with Gasteiger partial charge in [-0.05, 0) is 13.3 Å². The number of nitrogens with zero attached hydrogens (tertiary/aromatic N) is 3. The molecule has 3 unspecified atom stereocenters. The van der Waals surface area contributed by atoms with Crippen LogP contribution in [0.15, 0.2) is 0 Å². The van der Waals surface area contributed by atoms with Crippen LogP contribution >= 0.6 is 0 Å². The maximum atomic E-state index is 12.2. The molecule has 0 radical (unpaired) electrons. The van der Waals surface area contributed by atoms with Gasteiger partial charge in [-0.2, -0.15) is 0 Å². The average molecular weight is 493 g/mol. The summed E-state index contributed by atoms with van der Waals surface area (Å²) >= 11 is 0. The molecule has 1 saturated heterocycles. The van der Waals surface area contributed by atoms with Gasteiger partial charge in [0.05, 0.1) is 25.0 Å². The zero-order valence-electron chi connectivity index (χ0n) is 19.3. The summed E-state index contributed by atoms with van der Waals surface area (Å²) in [4.78, 5) is 51.1. The van der Waals surface area contributed by atoms with Crippen molar-refractivity contribution >= 4 is 24.0 Å². The summed E-state index contributed by atoms with van der Waals surface area (Å²) in [6, 6.07) is 0. The fourth-order valence-electron chi connectivity index (χ4n) is 3.93. The molecular formula is C20H36N4O10. The summed E-state index contributed by atoms with van der Waals surface area (Å²) in [5.74, 6) is -5.54. The van der Waals surface area contributed by atoms with E-state index in [1.54, 1.807) is 0 Å². The third kappa shape index (κ3) is 9.38. The number of rotatable bonds is 10. The van der Waals surface area contributed by atoms with Gasteiger partial charge in [0.25, 0.3) is 0 Å². The molecule has 196 valence electrons. The van der Waals surface area contributed by atoms with Crippen molar-refractivity contribution in [1.29, 1.82) is 0 Å². The van der Waals surface area contributed by atoms with Crippen molar-refractivity contribution in [2.75, 3.05) is 65.5 Å². The lowest BCUT2D eigenvalue weighted by molar-refractivity contribution is -0.157. The van der Waals surface area contributed by atoms with E-state index < -0.39 is 61.0 Å². The molecule has 7 N–H and O–H groups in total. The second kappa shape index (κ2) is 14.0. The predicted molar refractivity (Wildman–Crippen MR) is 118 cm³/mol. The molecule has 0 bridgehead atoms. The van der Waals surface area contributed by atoms with Gasteiger partial charge < -0.3 is 40.9 Å². The molecule has 0 saturated carbocycles. The van der Waals surface area contributed by atoms with Crippen molar-refractivity contribution in [3.8, 4) is 0 Å². The van der Waals surface area contributed by atoms with Crippen LogP contribution in [-0.4, -0.2) is 146 Å². The molecule has 3 atom stereocenters. The highest BCUT2D eigenvalue weighted by Crippen LogP contribution is 2.27. The van der Waals surface area contributed by atoms with Crippen molar-refractivity contribution in [3.05, 3.63) is 0 Å². The van der Waals surface area contributed by atoms with Crippen LogP contribution in [0.5, 0.6) is 0 Å². The number of aliphatic hydroxyl groups is 2. The first kappa shape index (κ1) is 29.5. The molecule has 34 heavy (non-hydrogen) atoms. The van der Waals surface area contributed by atoms with Gasteiger partial charge in [-0.15, -0.1) is 0 Å². The van der Waals surface area contributed by atoms with Crippen LogP contribution in [0, 0.1) is 5.92 Å². The molecule has 1 amide bonds. The Morgan fingerprint density at radius 2 is 1.56 bits per heavy atom. The Morgan fingerprint density at radius 1 is 0.941 bits per heavy atom. The largest absolute Gasteiger partial charge is 0.481 e. The van der Waals surface area contributed by atoms with Crippen LogP contribution in [0.2, 0.25) is 0 Å². The number of hydrogen-bond donors (Lipinski definition) is 7. The van der Waals surface area contributed by atoms with Gasteiger partial charge in [-0.1, -0.05) is 0 Å². The van der Waals surface area contributed by atoms with E-state index in [1.165, 1.54) is 11.8 Å². The zero-order valence-corrected chi connectivity index (χ0v) is 19.3. The second-order valence-corrected chi connectivity index (χ2v) is 8.56. The summed E-state index contributed by atoms with van der Waals surface area (Å²) in [6.07, 6.45) is -3.39. The zero-order chi connectivity index (χ0) is 25.9. The van der Waals surface area contributed by atoms with Crippen LogP contribution in [0.25, 0.3) is 0 Å². The minimum absolute atomic E-state index is 0.0184. The maximum Gasteiger partial charge on any atom is 0.407 e. The maximum absolute atomic E-state index is 12.2. The molecule has 0 aromatic carbocycles. The minimum atomic E-state index is -1.74. The van der Waals surface area contributed by atoms with Gasteiger partial charge in [-0.3, -0.25) is 24.2 Å². The van der Waals surface area contributed by atoms with Gasteiger partial charge in [0, 0.05) is 58.9 Å². The van der Waals surface area contributed by atoms with Gasteiger partial charge in [0.1, 0.15) is 5.54 Å². The molecule has 1 heterocycles. The van der Waals surface area contributed by atoms with E-state index in [2.05, 4.69) is 5.32 Å². The lowest BCUT2D eigenvalue weighted by Crippen LogP contribution is -2.58. The number of hydrogen-bond acceptors (Lipinski definition) is 9. The average Bonchev–Trinajstić information content (AvgIpc) is 2.74. The molecule has 1 rings (SSSR count). The number of carbonyl (C=O) groups is 4. The van der Waals surface area contributed by atoms with Crippen LogP contribution in [0.3, 0.4) is 0 Å². The van der Waals surface area contributed by atoms with E-state index in [9.17, 15) is 39.6 Å². The summed E-state index contributed by atoms with van der Waals surface area (Å²) in [6.45, 7) is 2.67. The first-order valence-electron chi connectivity index (χ1n) is 11.0. The highest BCUT2D eigenvalue weighted by atomic mass is 16.4. The first-order valence-corrected chi connectivity index (χ1v) is 11.0. The highest BCUT2D eigenvalue weighted by Gasteiger charge is 2.43. The number of carboxylic acid groups (broad SMARTS) is 4. The molecule has 1 aliphatic heterocycles. The van der Waals surface area contributed by atoms with Crippen molar-refractivity contribution in [3.63, 3.8) is 0 Å². The van der Waals surface area contributed by atoms with Gasteiger partial charge in [-0.25, -0.2) is 4.79 Å². The lowest BCUT2D eigenvalue weighted by Gasteiger charge is -2.40. The SMILES string of the molecule is CC(CC(CC(=O)O)C(=O)O)(C(=O)O)N1CCNCCN(CC(O)CO)CCN(C(=O)O)CC1. The normalized spacial score (nSPS) is 20.9. The Labute approximate surface area is 197 Å². The Bertz CT molecular complexity index is 709. The summed E-state index contributed by atoms with van der Waals surface area (Å²) < 4.78 is 0. The lowest BCUT2D eigenvalue weighted by atomic mass is 9.85. The van der Waals surface area contributed by atoms with Crippen LogP contribution < -0.4 is 5.32 Å². The number of amides is 1. The van der Waals surface area contributed by atoms with Crippen molar-refractivity contribution in [2.24, 2.45) is 5.92 Å². The van der Waals surface area contributed by atoms with Crippen LogP contribution in [-0.2, 0) is 14.4 Å². The van der Waals surface area contributed by atoms with E-state index in [0.717, 1.165) is 4.90 Å². The van der Waals surface area contributed by atoms with Gasteiger partial charge >= 0.3 is 24.0 Å². The Hall–Kier alpha value is -2.52. The minimum Gasteiger partial charge on any atom is -0.481 e. The third-order valence-corrected chi connectivity index (χ3v) is 6.01. The van der Waals surface area contributed by atoms with Crippen LogP contribution in [0.1, 0.15) is 19.8 Å². The fraction of sp³-hybridized carbons (Fsp3) is 0.800. The van der Waals surface area contributed by atoms with Crippen molar-refractivity contribution in [1.82, 2.24) is 20.0 Å². The molecule has 0 aliphatic carbocycles. The standard InChI is InChI=1S/C20H36N4O10/c1-20(18(31)32,11-14(17(29)30)10-16(27)28)24-5-3-21-2-4-22(12-15(26)13-25)6-7-23(8-9-24)19(33)34/h14-15,21,25-26H,2-13H2,1H3,(H,27,28)(H,29,30)(H,31,32)(H,33,34). The van der Waals surface area contributed by atoms with E-state index in [-0.39, 0.29) is 39.3 Å². The summed E-state index contributed by atoms with van der Waals surface area (Å²) in [5.41, 5.74) is -1.74. The Kier molecular flexibility index (Phi) is 12.2. The molecule has 0 aromatic heterocycles. The Morgan fingerprint density at radius 3 is 2.09 bits per heavy atom. The van der Waals surface area contributed by atoms with E-state index >= 15 is 0 Å². The fourth-order valence-corrected chi connectivity index (χ4v) is 3.93. The van der Waals surface area contributed by atoms with Crippen molar-refractivity contribution in [2.45, 2.75) is 31.4 Å². The third-order valence-electron chi connectivity index (χ3n) is 6.01. The topological polar surface area (TPSA) is 211 Å². The second-order valence-electron chi connectivity index (χ2n) is 8.56. The summed E-state index contributed by atoms with van der Waals surface area (Å²) in [7, 11) is 0. The molecule has 14 heteroatoms. The molecule has 0 aromatic rings. The van der Waals surface area contributed by atoms with Crippen LogP contribution in [0.4, 0.5) is 4.79 Å². The molecule has 14 nitrogen and oxygen atoms in total. The first-order chi connectivity index (χ1) is 15.9. The number of β-amino-alcohol motifs (C(OH)–C–C–N with tert-alkyl or cyclic N) is 1. The smallest absolute Gasteiger partial charge is 0.407 e. The van der Waals surface area contributed by atoms with E-state index in [0.29, 0.717) is 19.6 Å². The van der Waals surface area contributed by atoms with Crippen molar-refractivity contribution < 1.29 is 49.8 Å². The molecule has 0 spiro atoms. The number of aliphatic hydroxyl groups excluding tert-OH is 2. The van der Waals surface area contributed by atoms with E-state index in [1.807, 2.05) is 4.90 Å². The molecular weight excluding hydrogens is 456 g/mol. The van der Waals surface area contributed by atoms with Gasteiger partial charge in [0.15, 0.2) is 0 Å². The number of aliphatic carboxylic acids is 3. The predicted octanol–water partition coefficient (Wildman–Crippen LogP) is -2.06. The highest BCUT2D eigenvalue weighted by molar-refractivity contribution is 5.82. The molecule has 1 fully saturated rings. The molecule has 1 aliphatic rings. The number of nitrogens with one attached hydrogen (secondary N) is 1. The monoisotopic (exact) mass is 492 g/mol. The number of carboxylic acids is 3. The van der Waals surface area contributed by atoms with E-state index in [4.69, 9.17) is 10.2 Å². The van der Waals surface area contributed by atoms with Gasteiger partial charge in [0.2, 0.25) is 0 Å². The quantitative estimate of drug-likeness (QED) is 0.175. The summed E-state index contributed by atoms with van der Waals surface area (Å²) in [5, 5.41) is 60.0.